The SMILES string of the molecule is COC(=O)c1ccc(C=CCNC(C)=O)cc1. The molecule has 4 heteroatoms. The monoisotopic (exact) mass is 233 g/mol. The Morgan fingerprint density at radius 1 is 1.29 bits per heavy atom. The van der Waals surface area contributed by atoms with E-state index in [1.807, 2.05) is 24.3 Å². The van der Waals surface area contributed by atoms with Crippen LogP contribution in [0, 0.1) is 0 Å². The topological polar surface area (TPSA) is 55.4 Å². The zero-order valence-electron chi connectivity index (χ0n) is 9.90. The smallest absolute Gasteiger partial charge is 0.337 e. The summed E-state index contributed by atoms with van der Waals surface area (Å²) in [5.41, 5.74) is 1.48. The standard InChI is InChI=1S/C13H15NO3/c1-10(15)14-9-3-4-11-5-7-12(8-6-11)13(16)17-2/h3-8H,9H2,1-2H3,(H,14,15). The summed E-state index contributed by atoms with van der Waals surface area (Å²) in [7, 11) is 1.35. The molecule has 17 heavy (non-hydrogen) atoms. The molecule has 0 heterocycles. The van der Waals surface area contributed by atoms with E-state index in [9.17, 15) is 9.59 Å². The first-order chi connectivity index (χ1) is 8.13. The second-order valence-electron chi connectivity index (χ2n) is 3.45. The van der Waals surface area contributed by atoms with Crippen molar-refractivity contribution in [2.24, 2.45) is 0 Å². The largest absolute Gasteiger partial charge is 0.465 e. The van der Waals surface area contributed by atoms with E-state index in [1.54, 1.807) is 12.1 Å². The van der Waals surface area contributed by atoms with E-state index < -0.39 is 0 Å². The number of amides is 1. The molecule has 1 aromatic rings. The van der Waals surface area contributed by atoms with Crippen LogP contribution in [-0.4, -0.2) is 25.5 Å². The van der Waals surface area contributed by atoms with Crippen molar-refractivity contribution in [3.05, 3.63) is 41.5 Å². The van der Waals surface area contributed by atoms with Crippen LogP contribution in [0.5, 0.6) is 0 Å². The molecule has 4 nitrogen and oxygen atoms in total. The fourth-order valence-electron chi connectivity index (χ4n) is 1.25. The fourth-order valence-corrected chi connectivity index (χ4v) is 1.25. The maximum Gasteiger partial charge on any atom is 0.337 e. The molecule has 0 fully saturated rings. The molecule has 1 N–H and O–H groups in total. The molecule has 0 bridgehead atoms. The molecule has 0 aliphatic heterocycles. The van der Waals surface area contributed by atoms with Crippen LogP contribution in [0.15, 0.2) is 30.3 Å². The van der Waals surface area contributed by atoms with Crippen LogP contribution < -0.4 is 5.32 Å². The molecule has 1 aromatic carbocycles. The third-order valence-corrected chi connectivity index (χ3v) is 2.11. The third-order valence-electron chi connectivity index (χ3n) is 2.11. The molecule has 0 atom stereocenters. The van der Waals surface area contributed by atoms with Gasteiger partial charge in [-0.15, -0.1) is 0 Å². The van der Waals surface area contributed by atoms with Gasteiger partial charge in [0.15, 0.2) is 0 Å². The van der Waals surface area contributed by atoms with Crippen LogP contribution in [0.25, 0.3) is 6.08 Å². The summed E-state index contributed by atoms with van der Waals surface area (Å²) in [6.45, 7) is 1.97. The summed E-state index contributed by atoms with van der Waals surface area (Å²) in [5.74, 6) is -0.408. The highest BCUT2D eigenvalue weighted by molar-refractivity contribution is 5.89. The predicted octanol–water partition coefficient (Wildman–Crippen LogP) is 1.62. The molecule has 0 saturated carbocycles. The number of nitrogens with one attached hydrogen (secondary N) is 1. The van der Waals surface area contributed by atoms with E-state index in [0.717, 1.165) is 5.56 Å². The van der Waals surface area contributed by atoms with Crippen molar-refractivity contribution in [1.29, 1.82) is 0 Å². The van der Waals surface area contributed by atoms with Crippen molar-refractivity contribution >= 4 is 18.0 Å². The summed E-state index contributed by atoms with van der Waals surface area (Å²) in [4.78, 5) is 21.8. The second-order valence-corrected chi connectivity index (χ2v) is 3.45. The molecule has 0 spiro atoms. The molecule has 1 rings (SSSR count). The van der Waals surface area contributed by atoms with Crippen molar-refractivity contribution in [2.75, 3.05) is 13.7 Å². The molecule has 0 radical (unpaired) electrons. The van der Waals surface area contributed by atoms with Crippen LogP contribution >= 0.6 is 0 Å². The van der Waals surface area contributed by atoms with E-state index >= 15 is 0 Å². The van der Waals surface area contributed by atoms with Crippen LogP contribution in [0.3, 0.4) is 0 Å². The van der Waals surface area contributed by atoms with Crippen molar-refractivity contribution < 1.29 is 14.3 Å². The van der Waals surface area contributed by atoms with Gasteiger partial charge < -0.3 is 10.1 Å². The highest BCUT2D eigenvalue weighted by atomic mass is 16.5. The number of hydrogen-bond acceptors (Lipinski definition) is 3. The lowest BCUT2D eigenvalue weighted by atomic mass is 10.1. The maximum atomic E-state index is 11.2. The predicted molar refractivity (Wildman–Crippen MR) is 65.5 cm³/mol. The summed E-state index contributed by atoms with van der Waals surface area (Å²) in [6.07, 6.45) is 3.71. The van der Waals surface area contributed by atoms with Gasteiger partial charge in [-0.2, -0.15) is 0 Å². The minimum atomic E-state index is -0.348. The van der Waals surface area contributed by atoms with Crippen LogP contribution in [0.4, 0.5) is 0 Å². The van der Waals surface area contributed by atoms with E-state index in [2.05, 4.69) is 10.1 Å². The Morgan fingerprint density at radius 3 is 2.47 bits per heavy atom. The fraction of sp³-hybridized carbons (Fsp3) is 0.231. The van der Waals surface area contributed by atoms with Gasteiger partial charge in [0.25, 0.3) is 0 Å². The van der Waals surface area contributed by atoms with E-state index in [1.165, 1.54) is 14.0 Å². The lowest BCUT2D eigenvalue weighted by molar-refractivity contribution is -0.118. The Bertz CT molecular complexity index is 421. The zero-order chi connectivity index (χ0) is 12.7. The minimum absolute atomic E-state index is 0.0595. The summed E-state index contributed by atoms with van der Waals surface area (Å²) >= 11 is 0. The number of rotatable bonds is 4. The first kappa shape index (κ1) is 13.0. The third kappa shape index (κ3) is 4.51. The average Bonchev–Trinajstić information content (AvgIpc) is 2.34. The highest BCUT2D eigenvalue weighted by Gasteiger charge is 2.02. The van der Waals surface area contributed by atoms with Crippen molar-refractivity contribution in [1.82, 2.24) is 5.32 Å². The van der Waals surface area contributed by atoms with Crippen LogP contribution in [-0.2, 0) is 9.53 Å². The summed E-state index contributed by atoms with van der Waals surface area (Å²) in [6, 6.07) is 7.03. The van der Waals surface area contributed by atoms with Gasteiger partial charge >= 0.3 is 5.97 Å². The van der Waals surface area contributed by atoms with E-state index in [-0.39, 0.29) is 11.9 Å². The number of esters is 1. The van der Waals surface area contributed by atoms with Crippen molar-refractivity contribution in [2.45, 2.75) is 6.92 Å². The number of benzene rings is 1. The molecule has 0 aliphatic rings. The number of methoxy groups -OCH3 is 1. The number of ether oxygens (including phenoxy) is 1. The Hall–Kier alpha value is -2.10. The van der Waals surface area contributed by atoms with Gasteiger partial charge in [-0.25, -0.2) is 4.79 Å². The van der Waals surface area contributed by atoms with E-state index in [4.69, 9.17) is 0 Å². The molecule has 0 saturated heterocycles. The van der Waals surface area contributed by atoms with Gasteiger partial charge in [0.2, 0.25) is 5.91 Å². The quantitative estimate of drug-likeness (QED) is 0.804. The highest BCUT2D eigenvalue weighted by Crippen LogP contribution is 2.07. The maximum absolute atomic E-state index is 11.2. The Morgan fingerprint density at radius 2 is 1.94 bits per heavy atom. The molecule has 0 aliphatic carbocycles. The molecule has 0 aromatic heterocycles. The van der Waals surface area contributed by atoms with Gasteiger partial charge in [0.1, 0.15) is 0 Å². The lowest BCUT2D eigenvalue weighted by Gasteiger charge is -1.99. The second kappa shape index (κ2) is 6.48. The Kier molecular flexibility index (Phi) is 4.94. The molecular weight excluding hydrogens is 218 g/mol. The molecule has 1 amide bonds. The van der Waals surface area contributed by atoms with Crippen LogP contribution in [0.1, 0.15) is 22.8 Å². The molecule has 0 unspecified atom stereocenters. The number of carbonyl (C=O) groups is 2. The van der Waals surface area contributed by atoms with Gasteiger partial charge in [-0.1, -0.05) is 24.3 Å². The number of carbonyl (C=O) groups excluding carboxylic acids is 2. The Balaban J connectivity index is 2.56. The van der Waals surface area contributed by atoms with Gasteiger partial charge in [0, 0.05) is 13.5 Å². The van der Waals surface area contributed by atoms with E-state index in [0.29, 0.717) is 12.1 Å². The summed E-state index contributed by atoms with van der Waals surface area (Å²) in [5, 5.41) is 2.65. The minimum Gasteiger partial charge on any atom is -0.465 e. The molecular formula is C13H15NO3. The normalized spacial score (nSPS) is 10.2. The van der Waals surface area contributed by atoms with Crippen molar-refractivity contribution in [3.63, 3.8) is 0 Å². The lowest BCUT2D eigenvalue weighted by Crippen LogP contribution is -2.19. The first-order valence-electron chi connectivity index (χ1n) is 5.23. The van der Waals surface area contributed by atoms with Crippen molar-refractivity contribution in [3.8, 4) is 0 Å². The average molecular weight is 233 g/mol. The van der Waals surface area contributed by atoms with Gasteiger partial charge in [0.05, 0.1) is 12.7 Å². The van der Waals surface area contributed by atoms with Gasteiger partial charge in [-0.3, -0.25) is 4.79 Å². The molecule has 90 valence electrons. The first-order valence-corrected chi connectivity index (χ1v) is 5.23. The number of hydrogen-bond donors (Lipinski definition) is 1. The van der Waals surface area contributed by atoms with Crippen LogP contribution in [0.2, 0.25) is 0 Å². The Labute approximate surface area is 100 Å². The summed E-state index contributed by atoms with van der Waals surface area (Å²) < 4.78 is 4.60. The van der Waals surface area contributed by atoms with Gasteiger partial charge in [-0.05, 0) is 17.7 Å². The zero-order valence-corrected chi connectivity index (χ0v) is 9.90.